The summed E-state index contributed by atoms with van der Waals surface area (Å²) in [5.41, 5.74) is 8.19. The van der Waals surface area contributed by atoms with Gasteiger partial charge in [-0.3, -0.25) is 0 Å². The first-order valence-electron chi connectivity index (χ1n) is 6.55. The zero-order valence-electron chi connectivity index (χ0n) is 10.6. The Kier molecular flexibility index (Phi) is 3.37. The van der Waals surface area contributed by atoms with Crippen LogP contribution in [0.3, 0.4) is 0 Å². The maximum Gasteiger partial charge on any atom is 0.148 e. The second kappa shape index (κ2) is 5.02. The largest absolute Gasteiger partial charge is 0.319 e. The predicted molar refractivity (Wildman–Crippen MR) is 79.5 cm³/mol. The first-order chi connectivity index (χ1) is 9.17. The van der Waals surface area contributed by atoms with Crippen LogP contribution >= 0.6 is 15.9 Å². The topological polar surface area (TPSA) is 51.8 Å². The molecule has 19 heavy (non-hydrogen) atoms. The van der Waals surface area contributed by atoms with Crippen LogP contribution in [0.1, 0.15) is 31.5 Å². The Morgan fingerprint density at radius 1 is 0.947 bits per heavy atom. The highest BCUT2D eigenvalue weighted by molar-refractivity contribution is 9.10. The highest BCUT2D eigenvalue weighted by Crippen LogP contribution is 2.34. The molecule has 1 aliphatic rings. The van der Waals surface area contributed by atoms with Crippen molar-refractivity contribution in [2.75, 3.05) is 0 Å². The third kappa shape index (κ3) is 2.55. The van der Waals surface area contributed by atoms with E-state index in [0.717, 1.165) is 34.3 Å². The molecule has 1 heterocycles. The molecule has 0 radical (unpaired) electrons. The van der Waals surface area contributed by atoms with Crippen molar-refractivity contribution in [3.63, 3.8) is 0 Å². The Morgan fingerprint density at radius 3 is 2.11 bits per heavy atom. The van der Waals surface area contributed by atoms with E-state index in [1.54, 1.807) is 0 Å². The van der Waals surface area contributed by atoms with Crippen molar-refractivity contribution < 1.29 is 0 Å². The third-order valence-corrected chi connectivity index (χ3v) is 4.30. The molecule has 0 atom stereocenters. The van der Waals surface area contributed by atoms with E-state index in [-0.39, 0.29) is 5.54 Å². The van der Waals surface area contributed by atoms with Gasteiger partial charge in [0.2, 0.25) is 0 Å². The number of rotatable bonds is 2. The van der Waals surface area contributed by atoms with Gasteiger partial charge in [0, 0.05) is 22.4 Å². The summed E-state index contributed by atoms with van der Waals surface area (Å²) in [5, 5.41) is 0. The van der Waals surface area contributed by atoms with Crippen LogP contribution < -0.4 is 5.73 Å². The molecule has 1 fully saturated rings. The second-order valence-corrected chi connectivity index (χ2v) is 6.08. The maximum atomic E-state index is 6.36. The number of halogens is 1. The van der Waals surface area contributed by atoms with Crippen LogP contribution in [-0.2, 0) is 5.54 Å². The van der Waals surface area contributed by atoms with Gasteiger partial charge in [-0.1, -0.05) is 40.9 Å². The van der Waals surface area contributed by atoms with Crippen molar-refractivity contribution in [3.8, 4) is 11.1 Å². The monoisotopic (exact) mass is 317 g/mol. The summed E-state index contributed by atoms with van der Waals surface area (Å²) in [6, 6.07) is 8.14. The van der Waals surface area contributed by atoms with Crippen molar-refractivity contribution in [3.05, 3.63) is 47.0 Å². The molecule has 0 bridgehead atoms. The number of hydrogen-bond acceptors (Lipinski definition) is 3. The molecule has 3 rings (SSSR count). The van der Waals surface area contributed by atoms with Crippen LogP contribution in [0.25, 0.3) is 11.1 Å². The zero-order valence-corrected chi connectivity index (χ0v) is 12.2. The van der Waals surface area contributed by atoms with Crippen molar-refractivity contribution in [1.82, 2.24) is 9.97 Å². The highest BCUT2D eigenvalue weighted by Gasteiger charge is 2.33. The summed E-state index contributed by atoms with van der Waals surface area (Å²) in [4.78, 5) is 8.97. The summed E-state index contributed by atoms with van der Waals surface area (Å²) in [5.74, 6) is 0.783. The van der Waals surface area contributed by atoms with Gasteiger partial charge in [0.25, 0.3) is 0 Å². The van der Waals surface area contributed by atoms with Gasteiger partial charge in [0.1, 0.15) is 5.82 Å². The molecule has 3 nitrogen and oxygen atoms in total. The molecule has 4 heteroatoms. The first kappa shape index (κ1) is 12.8. The predicted octanol–water partition coefficient (Wildman–Crippen LogP) is 3.63. The molecule has 0 aliphatic heterocycles. The van der Waals surface area contributed by atoms with Crippen LogP contribution in [-0.4, -0.2) is 9.97 Å². The zero-order chi connectivity index (χ0) is 13.3. The van der Waals surface area contributed by atoms with Gasteiger partial charge in [0.05, 0.1) is 5.54 Å². The smallest absolute Gasteiger partial charge is 0.148 e. The van der Waals surface area contributed by atoms with Crippen LogP contribution in [0.15, 0.2) is 41.1 Å². The molecular formula is C15H16BrN3. The molecule has 1 saturated carbocycles. The molecule has 0 spiro atoms. The molecule has 98 valence electrons. The summed E-state index contributed by atoms with van der Waals surface area (Å²) < 4.78 is 1.07. The van der Waals surface area contributed by atoms with E-state index in [1.165, 1.54) is 12.8 Å². The lowest BCUT2D eigenvalue weighted by atomic mass is 9.98. The number of benzene rings is 1. The molecule has 1 aromatic carbocycles. The van der Waals surface area contributed by atoms with Crippen molar-refractivity contribution >= 4 is 15.9 Å². The SMILES string of the molecule is NC1(c2ncc(-c3ccc(Br)cc3)cn2)CCCC1. The summed E-state index contributed by atoms with van der Waals surface area (Å²) in [6.45, 7) is 0. The Labute approximate surface area is 121 Å². The Hall–Kier alpha value is -1.26. The van der Waals surface area contributed by atoms with E-state index in [0.29, 0.717) is 0 Å². The lowest BCUT2D eigenvalue weighted by Gasteiger charge is -2.21. The van der Waals surface area contributed by atoms with Gasteiger partial charge in [-0.05, 0) is 30.5 Å². The standard InChI is InChI=1S/C15H16BrN3/c16-13-5-3-11(4-6-13)12-9-18-14(19-10-12)15(17)7-1-2-8-15/h3-6,9-10H,1-2,7-8,17H2. The van der Waals surface area contributed by atoms with Crippen molar-refractivity contribution in [2.45, 2.75) is 31.2 Å². The van der Waals surface area contributed by atoms with Gasteiger partial charge in [-0.25, -0.2) is 9.97 Å². The Bertz CT molecular complexity index is 557. The van der Waals surface area contributed by atoms with Gasteiger partial charge in [0.15, 0.2) is 0 Å². The minimum atomic E-state index is -0.307. The lowest BCUT2D eigenvalue weighted by Crippen LogP contribution is -2.35. The first-order valence-corrected chi connectivity index (χ1v) is 7.34. The molecule has 1 aliphatic carbocycles. The molecule has 1 aromatic heterocycles. The van der Waals surface area contributed by atoms with Crippen LogP contribution in [0.4, 0.5) is 0 Å². The van der Waals surface area contributed by atoms with E-state index in [4.69, 9.17) is 5.73 Å². The quantitative estimate of drug-likeness (QED) is 0.920. The van der Waals surface area contributed by atoms with Crippen molar-refractivity contribution in [1.29, 1.82) is 0 Å². The van der Waals surface area contributed by atoms with E-state index in [2.05, 4.69) is 38.0 Å². The lowest BCUT2D eigenvalue weighted by molar-refractivity contribution is 0.431. The third-order valence-electron chi connectivity index (χ3n) is 3.77. The fraction of sp³-hybridized carbons (Fsp3) is 0.333. The van der Waals surface area contributed by atoms with Crippen LogP contribution in [0.2, 0.25) is 0 Å². The number of nitrogens with two attached hydrogens (primary N) is 1. The average Bonchev–Trinajstić information content (AvgIpc) is 2.88. The summed E-state index contributed by atoms with van der Waals surface area (Å²) in [7, 11) is 0. The maximum absolute atomic E-state index is 6.36. The normalized spacial score (nSPS) is 17.6. The summed E-state index contributed by atoms with van der Waals surface area (Å²) >= 11 is 3.43. The summed E-state index contributed by atoms with van der Waals surface area (Å²) in [6.07, 6.45) is 8.08. The van der Waals surface area contributed by atoms with Gasteiger partial charge in [-0.15, -0.1) is 0 Å². The minimum absolute atomic E-state index is 0.307. The molecule has 0 unspecified atom stereocenters. The van der Waals surface area contributed by atoms with Gasteiger partial charge >= 0.3 is 0 Å². The fourth-order valence-electron chi connectivity index (χ4n) is 2.61. The van der Waals surface area contributed by atoms with Gasteiger partial charge < -0.3 is 5.73 Å². The molecular weight excluding hydrogens is 302 g/mol. The average molecular weight is 318 g/mol. The van der Waals surface area contributed by atoms with Crippen LogP contribution in [0, 0.1) is 0 Å². The number of aromatic nitrogens is 2. The number of hydrogen-bond donors (Lipinski definition) is 1. The van der Waals surface area contributed by atoms with E-state index < -0.39 is 0 Å². The van der Waals surface area contributed by atoms with Crippen LogP contribution in [0.5, 0.6) is 0 Å². The van der Waals surface area contributed by atoms with E-state index in [1.807, 2.05) is 24.5 Å². The number of nitrogens with zero attached hydrogens (tertiary/aromatic N) is 2. The minimum Gasteiger partial charge on any atom is -0.319 e. The molecule has 0 amide bonds. The highest BCUT2D eigenvalue weighted by atomic mass is 79.9. The van der Waals surface area contributed by atoms with Gasteiger partial charge in [-0.2, -0.15) is 0 Å². The molecule has 2 N–H and O–H groups in total. The Morgan fingerprint density at radius 2 is 1.53 bits per heavy atom. The van der Waals surface area contributed by atoms with Crippen molar-refractivity contribution in [2.24, 2.45) is 5.73 Å². The Balaban J connectivity index is 1.88. The molecule has 0 saturated heterocycles. The second-order valence-electron chi connectivity index (χ2n) is 5.17. The van der Waals surface area contributed by atoms with E-state index in [9.17, 15) is 0 Å². The van der Waals surface area contributed by atoms with E-state index >= 15 is 0 Å². The fourth-order valence-corrected chi connectivity index (χ4v) is 2.87. The molecule has 2 aromatic rings.